The maximum atomic E-state index is 13.6. The second kappa shape index (κ2) is 5.00. The highest BCUT2D eigenvalue weighted by atomic mass is 79.9. The third-order valence-corrected chi connectivity index (χ3v) is 3.57. The largest absolute Gasteiger partial charge is 0.481 e. The van der Waals surface area contributed by atoms with Crippen molar-refractivity contribution in [1.82, 2.24) is 4.98 Å². The second-order valence-electron chi connectivity index (χ2n) is 4.05. The molecule has 2 heterocycles. The summed E-state index contributed by atoms with van der Waals surface area (Å²) in [5.41, 5.74) is 0.476. The van der Waals surface area contributed by atoms with E-state index in [1.165, 1.54) is 6.20 Å². The van der Waals surface area contributed by atoms with E-state index in [1.807, 2.05) is 4.90 Å². The number of hydrogen-bond acceptors (Lipinski definition) is 3. The summed E-state index contributed by atoms with van der Waals surface area (Å²) in [5.74, 6) is -1.46. The first-order chi connectivity index (χ1) is 8.09. The Morgan fingerprint density at radius 3 is 2.65 bits per heavy atom. The van der Waals surface area contributed by atoms with Gasteiger partial charge in [-0.05, 0) is 28.8 Å². The summed E-state index contributed by atoms with van der Waals surface area (Å²) in [7, 11) is 0. The number of aliphatic carboxylic acids is 1. The van der Waals surface area contributed by atoms with Crippen molar-refractivity contribution in [1.29, 1.82) is 0 Å². The smallest absolute Gasteiger partial charge is 0.306 e. The Kier molecular flexibility index (Phi) is 3.61. The van der Waals surface area contributed by atoms with Crippen LogP contribution in [0.1, 0.15) is 12.8 Å². The molecule has 1 aliphatic rings. The molecule has 1 saturated heterocycles. The summed E-state index contributed by atoms with van der Waals surface area (Å²) in [6.45, 7) is 1.10. The molecular formula is C11H12BrFN2O2. The van der Waals surface area contributed by atoms with Crippen LogP contribution in [0.25, 0.3) is 0 Å². The predicted molar refractivity (Wildman–Crippen MR) is 64.5 cm³/mol. The lowest BCUT2D eigenvalue weighted by Gasteiger charge is -2.32. The fourth-order valence-corrected chi connectivity index (χ4v) is 2.62. The number of nitrogens with zero attached hydrogens (tertiary/aromatic N) is 2. The Bertz CT molecular complexity index is 413. The average molecular weight is 303 g/mol. The van der Waals surface area contributed by atoms with E-state index in [4.69, 9.17) is 5.11 Å². The minimum atomic E-state index is -0.765. The molecule has 0 aliphatic carbocycles. The van der Waals surface area contributed by atoms with Gasteiger partial charge in [0, 0.05) is 19.3 Å². The van der Waals surface area contributed by atoms with Crippen molar-refractivity contribution in [2.75, 3.05) is 18.0 Å². The number of anilines is 1. The van der Waals surface area contributed by atoms with Crippen LogP contribution in [-0.2, 0) is 4.79 Å². The molecule has 1 aromatic rings. The number of pyridine rings is 1. The Morgan fingerprint density at radius 2 is 2.12 bits per heavy atom. The molecule has 1 aromatic heterocycles. The Balaban J connectivity index is 2.13. The molecule has 1 aliphatic heterocycles. The van der Waals surface area contributed by atoms with Crippen LogP contribution in [0.4, 0.5) is 10.1 Å². The number of halogens is 2. The third kappa shape index (κ3) is 2.57. The zero-order chi connectivity index (χ0) is 12.4. The molecular weight excluding hydrogens is 291 g/mol. The van der Waals surface area contributed by atoms with E-state index in [0.29, 0.717) is 36.1 Å². The predicted octanol–water partition coefficient (Wildman–Crippen LogP) is 2.28. The Morgan fingerprint density at radius 1 is 1.47 bits per heavy atom. The van der Waals surface area contributed by atoms with Crippen molar-refractivity contribution in [3.8, 4) is 0 Å². The molecule has 0 radical (unpaired) electrons. The molecule has 0 spiro atoms. The SMILES string of the molecule is O=C(O)C1CCN(c2c(F)cncc2Br)CC1. The normalized spacial score (nSPS) is 17.2. The van der Waals surface area contributed by atoms with Crippen LogP contribution in [0.15, 0.2) is 16.9 Å². The number of hydrogen-bond donors (Lipinski definition) is 1. The van der Waals surface area contributed by atoms with Gasteiger partial charge in [0.2, 0.25) is 0 Å². The van der Waals surface area contributed by atoms with E-state index >= 15 is 0 Å². The van der Waals surface area contributed by atoms with Crippen LogP contribution in [0.3, 0.4) is 0 Å². The van der Waals surface area contributed by atoms with Crippen molar-refractivity contribution in [2.45, 2.75) is 12.8 Å². The van der Waals surface area contributed by atoms with Crippen LogP contribution in [0, 0.1) is 11.7 Å². The molecule has 4 nitrogen and oxygen atoms in total. The summed E-state index contributed by atoms with van der Waals surface area (Å²) in [6.07, 6.45) is 3.80. The third-order valence-electron chi connectivity index (χ3n) is 2.99. The quantitative estimate of drug-likeness (QED) is 0.911. The van der Waals surface area contributed by atoms with Crippen molar-refractivity contribution < 1.29 is 14.3 Å². The first-order valence-electron chi connectivity index (χ1n) is 5.36. The zero-order valence-electron chi connectivity index (χ0n) is 9.07. The zero-order valence-corrected chi connectivity index (χ0v) is 10.7. The maximum Gasteiger partial charge on any atom is 0.306 e. The highest BCUT2D eigenvalue weighted by molar-refractivity contribution is 9.10. The molecule has 1 fully saturated rings. The highest BCUT2D eigenvalue weighted by Gasteiger charge is 2.26. The van der Waals surface area contributed by atoms with E-state index in [2.05, 4.69) is 20.9 Å². The van der Waals surface area contributed by atoms with Gasteiger partial charge < -0.3 is 10.0 Å². The number of piperidine rings is 1. The lowest BCUT2D eigenvalue weighted by Crippen LogP contribution is -2.37. The summed E-state index contributed by atoms with van der Waals surface area (Å²) in [4.78, 5) is 16.4. The van der Waals surface area contributed by atoms with Gasteiger partial charge >= 0.3 is 5.97 Å². The van der Waals surface area contributed by atoms with Crippen LogP contribution in [0.2, 0.25) is 0 Å². The number of carboxylic acid groups (broad SMARTS) is 1. The van der Waals surface area contributed by atoms with E-state index in [1.54, 1.807) is 6.20 Å². The van der Waals surface area contributed by atoms with Gasteiger partial charge in [0.05, 0.1) is 22.3 Å². The number of aromatic nitrogens is 1. The lowest BCUT2D eigenvalue weighted by molar-refractivity contribution is -0.142. The average Bonchev–Trinajstić information content (AvgIpc) is 2.29. The van der Waals surface area contributed by atoms with E-state index in [-0.39, 0.29) is 11.7 Å². The highest BCUT2D eigenvalue weighted by Crippen LogP contribution is 2.31. The molecule has 0 atom stereocenters. The van der Waals surface area contributed by atoms with Gasteiger partial charge in [-0.1, -0.05) is 0 Å². The van der Waals surface area contributed by atoms with Crippen LogP contribution in [0.5, 0.6) is 0 Å². The molecule has 92 valence electrons. The topological polar surface area (TPSA) is 53.4 Å². The van der Waals surface area contributed by atoms with Crippen molar-refractivity contribution in [2.24, 2.45) is 5.92 Å². The second-order valence-corrected chi connectivity index (χ2v) is 4.91. The molecule has 0 aromatic carbocycles. The molecule has 6 heteroatoms. The molecule has 1 N–H and O–H groups in total. The molecule has 17 heavy (non-hydrogen) atoms. The van der Waals surface area contributed by atoms with Gasteiger partial charge in [-0.15, -0.1) is 0 Å². The lowest BCUT2D eigenvalue weighted by atomic mass is 9.97. The van der Waals surface area contributed by atoms with Crippen molar-refractivity contribution in [3.05, 3.63) is 22.7 Å². The first-order valence-corrected chi connectivity index (χ1v) is 6.15. The van der Waals surface area contributed by atoms with Crippen LogP contribution < -0.4 is 4.90 Å². The number of carboxylic acids is 1. The van der Waals surface area contributed by atoms with Gasteiger partial charge in [0.25, 0.3) is 0 Å². The number of carbonyl (C=O) groups is 1. The van der Waals surface area contributed by atoms with E-state index in [0.717, 1.165) is 0 Å². The van der Waals surface area contributed by atoms with Gasteiger partial charge in [0.15, 0.2) is 5.82 Å². The van der Waals surface area contributed by atoms with Crippen molar-refractivity contribution >= 4 is 27.6 Å². The fraction of sp³-hybridized carbons (Fsp3) is 0.455. The summed E-state index contributed by atoms with van der Waals surface area (Å²) in [6, 6.07) is 0. The first kappa shape index (κ1) is 12.3. The van der Waals surface area contributed by atoms with Gasteiger partial charge in [-0.2, -0.15) is 0 Å². The van der Waals surface area contributed by atoms with Gasteiger partial charge in [0.1, 0.15) is 0 Å². The minimum Gasteiger partial charge on any atom is -0.481 e. The number of rotatable bonds is 2. The van der Waals surface area contributed by atoms with Crippen LogP contribution in [-0.4, -0.2) is 29.1 Å². The van der Waals surface area contributed by atoms with Gasteiger partial charge in [-0.25, -0.2) is 4.39 Å². The van der Waals surface area contributed by atoms with Crippen molar-refractivity contribution in [3.63, 3.8) is 0 Å². The van der Waals surface area contributed by atoms with E-state index < -0.39 is 5.97 Å². The van der Waals surface area contributed by atoms with Crippen LogP contribution >= 0.6 is 15.9 Å². The summed E-state index contributed by atoms with van der Waals surface area (Å²) >= 11 is 3.27. The van der Waals surface area contributed by atoms with Gasteiger partial charge in [-0.3, -0.25) is 9.78 Å². The summed E-state index contributed by atoms with van der Waals surface area (Å²) in [5, 5.41) is 8.89. The van der Waals surface area contributed by atoms with E-state index in [9.17, 15) is 9.18 Å². The Hall–Kier alpha value is -1.17. The minimum absolute atomic E-state index is 0.310. The monoisotopic (exact) mass is 302 g/mol. The molecule has 2 rings (SSSR count). The molecule has 0 unspecified atom stereocenters. The maximum absolute atomic E-state index is 13.6. The Labute approximate surface area is 107 Å². The molecule has 0 amide bonds. The molecule has 0 saturated carbocycles. The molecule has 0 bridgehead atoms. The fourth-order valence-electron chi connectivity index (χ4n) is 2.06. The summed E-state index contributed by atoms with van der Waals surface area (Å²) < 4.78 is 14.2. The standard InChI is InChI=1S/C11H12BrFN2O2/c12-8-5-14-6-9(13)10(8)15-3-1-7(2-4-15)11(16)17/h5-7H,1-4H2,(H,16,17).